The van der Waals surface area contributed by atoms with Crippen LogP contribution in [-0.4, -0.2) is 27.4 Å². The van der Waals surface area contributed by atoms with Gasteiger partial charge in [0, 0.05) is 10.6 Å². The van der Waals surface area contributed by atoms with Gasteiger partial charge in [-0.15, -0.1) is 0 Å². The highest BCUT2D eigenvalue weighted by Gasteiger charge is 2.13. The number of amides is 1. The number of thioether (sulfide) groups is 1. The van der Waals surface area contributed by atoms with E-state index in [4.69, 9.17) is 16.6 Å². The molecule has 7 heteroatoms. The summed E-state index contributed by atoms with van der Waals surface area (Å²) in [6.07, 6.45) is 1.54. The van der Waals surface area contributed by atoms with Crippen LogP contribution in [0.25, 0.3) is 11.0 Å². The smallest absolute Gasteiger partial charge is 0.250 e. The van der Waals surface area contributed by atoms with Gasteiger partial charge in [0.25, 0.3) is 5.91 Å². The quantitative estimate of drug-likeness (QED) is 0.253. The van der Waals surface area contributed by atoms with E-state index in [0.717, 1.165) is 21.8 Å². The molecule has 1 aromatic heterocycles. The van der Waals surface area contributed by atoms with Crippen LogP contribution in [0.15, 0.2) is 89.1 Å². The van der Waals surface area contributed by atoms with Crippen molar-refractivity contribution < 1.29 is 4.79 Å². The molecule has 4 aromatic rings. The van der Waals surface area contributed by atoms with Crippen molar-refractivity contribution >= 4 is 46.5 Å². The molecule has 150 valence electrons. The summed E-state index contributed by atoms with van der Waals surface area (Å²) in [7, 11) is 0. The van der Waals surface area contributed by atoms with Crippen LogP contribution in [-0.2, 0) is 11.3 Å². The van der Waals surface area contributed by atoms with Crippen LogP contribution in [0.4, 0.5) is 0 Å². The lowest BCUT2D eigenvalue weighted by Gasteiger charge is -2.09. The van der Waals surface area contributed by atoms with Crippen molar-refractivity contribution in [2.45, 2.75) is 11.7 Å². The van der Waals surface area contributed by atoms with Crippen LogP contribution < -0.4 is 5.43 Å². The summed E-state index contributed by atoms with van der Waals surface area (Å²) in [6, 6.07) is 25.5. The third-order valence-corrected chi connectivity index (χ3v) is 5.75. The number of hydrogen-bond donors (Lipinski definition) is 1. The van der Waals surface area contributed by atoms with E-state index in [1.165, 1.54) is 23.5 Å². The minimum Gasteiger partial charge on any atom is -0.314 e. The Morgan fingerprint density at radius 3 is 2.60 bits per heavy atom. The fourth-order valence-corrected chi connectivity index (χ4v) is 3.99. The molecule has 0 saturated heterocycles. The zero-order valence-corrected chi connectivity index (χ0v) is 17.6. The number of aromatic nitrogens is 2. The molecular weight excluding hydrogens is 416 g/mol. The first-order chi connectivity index (χ1) is 14.7. The molecule has 0 aliphatic rings. The second-order valence-electron chi connectivity index (χ2n) is 6.56. The predicted molar refractivity (Wildman–Crippen MR) is 123 cm³/mol. The van der Waals surface area contributed by atoms with Gasteiger partial charge in [0.15, 0.2) is 5.16 Å². The molecule has 0 saturated carbocycles. The van der Waals surface area contributed by atoms with Gasteiger partial charge < -0.3 is 4.57 Å². The number of benzene rings is 3. The Bertz CT molecular complexity index is 1190. The summed E-state index contributed by atoms with van der Waals surface area (Å²) in [5.41, 5.74) is 6.42. The number of para-hydroxylation sites is 2. The highest BCUT2D eigenvalue weighted by molar-refractivity contribution is 7.99. The second-order valence-corrected chi connectivity index (χ2v) is 7.91. The Hall–Kier alpha value is -3.09. The molecule has 0 spiro atoms. The summed E-state index contributed by atoms with van der Waals surface area (Å²) in [5, 5.41) is 5.38. The fourth-order valence-electron chi connectivity index (χ4n) is 3.00. The maximum atomic E-state index is 12.3. The molecule has 0 bridgehead atoms. The average Bonchev–Trinajstić information content (AvgIpc) is 3.12. The largest absolute Gasteiger partial charge is 0.314 e. The number of imidazole rings is 1. The molecule has 1 amide bonds. The summed E-state index contributed by atoms with van der Waals surface area (Å²) in [5.74, 6) is -0.000510. The summed E-state index contributed by atoms with van der Waals surface area (Å²) in [6.45, 7) is 0.690. The Labute approximate surface area is 183 Å². The molecule has 3 aromatic carbocycles. The lowest BCUT2D eigenvalue weighted by atomic mass is 10.2. The van der Waals surface area contributed by atoms with E-state index in [1.807, 2.05) is 60.7 Å². The third-order valence-electron chi connectivity index (χ3n) is 4.43. The number of halogens is 1. The number of hydrazone groups is 1. The van der Waals surface area contributed by atoms with Crippen LogP contribution in [0.5, 0.6) is 0 Å². The topological polar surface area (TPSA) is 59.3 Å². The lowest BCUT2D eigenvalue weighted by molar-refractivity contribution is -0.118. The van der Waals surface area contributed by atoms with E-state index in [2.05, 4.69) is 27.2 Å². The van der Waals surface area contributed by atoms with E-state index < -0.39 is 0 Å². The van der Waals surface area contributed by atoms with E-state index >= 15 is 0 Å². The minimum atomic E-state index is -0.207. The third kappa shape index (κ3) is 4.90. The molecule has 0 fully saturated rings. The normalized spacial score (nSPS) is 11.2. The van der Waals surface area contributed by atoms with Crippen molar-refractivity contribution in [3.05, 3.63) is 95.0 Å². The van der Waals surface area contributed by atoms with Crippen molar-refractivity contribution in [2.24, 2.45) is 5.10 Å². The van der Waals surface area contributed by atoms with Gasteiger partial charge in [-0.3, -0.25) is 4.79 Å². The first kappa shape index (κ1) is 20.2. The Morgan fingerprint density at radius 2 is 1.77 bits per heavy atom. The number of nitrogens with one attached hydrogen (secondary N) is 1. The van der Waals surface area contributed by atoms with Gasteiger partial charge in [0.2, 0.25) is 0 Å². The molecule has 4 rings (SSSR count). The summed E-state index contributed by atoms with van der Waals surface area (Å²) < 4.78 is 2.13. The highest BCUT2D eigenvalue weighted by Crippen LogP contribution is 2.25. The molecule has 0 atom stereocenters. The highest BCUT2D eigenvalue weighted by atomic mass is 35.5. The standard InChI is InChI=1S/C23H19ClN4OS/c24-19-11-5-4-10-18(19)14-25-27-22(29)16-30-23-26-20-12-6-7-13-21(20)28(23)15-17-8-2-1-3-9-17/h1-14H,15-16H2,(H,27,29)/b25-14-. The maximum Gasteiger partial charge on any atom is 0.250 e. The monoisotopic (exact) mass is 434 g/mol. The van der Waals surface area contributed by atoms with Gasteiger partial charge in [-0.05, 0) is 23.8 Å². The van der Waals surface area contributed by atoms with Crippen molar-refractivity contribution in [3.63, 3.8) is 0 Å². The molecule has 0 aliphatic carbocycles. The van der Waals surface area contributed by atoms with Crippen LogP contribution in [0, 0.1) is 0 Å². The first-order valence-electron chi connectivity index (χ1n) is 9.39. The Morgan fingerprint density at radius 1 is 1.03 bits per heavy atom. The SMILES string of the molecule is O=C(CSc1nc2ccccc2n1Cc1ccccc1)N/N=C\c1ccccc1Cl. The van der Waals surface area contributed by atoms with Gasteiger partial charge in [-0.2, -0.15) is 5.10 Å². The number of carbonyl (C=O) groups excluding carboxylic acids is 1. The minimum absolute atomic E-state index is 0.206. The van der Waals surface area contributed by atoms with Gasteiger partial charge >= 0.3 is 0 Å². The van der Waals surface area contributed by atoms with Crippen LogP contribution in [0.2, 0.25) is 5.02 Å². The van der Waals surface area contributed by atoms with E-state index in [0.29, 0.717) is 11.6 Å². The molecule has 1 heterocycles. The van der Waals surface area contributed by atoms with Crippen LogP contribution in [0.1, 0.15) is 11.1 Å². The van der Waals surface area contributed by atoms with Gasteiger partial charge in [0.05, 0.1) is 29.5 Å². The fraction of sp³-hybridized carbons (Fsp3) is 0.0870. The van der Waals surface area contributed by atoms with Crippen molar-refractivity contribution in [2.75, 3.05) is 5.75 Å². The van der Waals surface area contributed by atoms with Gasteiger partial charge in [-0.25, -0.2) is 10.4 Å². The van der Waals surface area contributed by atoms with E-state index in [9.17, 15) is 4.79 Å². The lowest BCUT2D eigenvalue weighted by Crippen LogP contribution is -2.20. The number of hydrogen-bond acceptors (Lipinski definition) is 4. The number of rotatable bonds is 7. The molecule has 1 N–H and O–H groups in total. The second kappa shape index (κ2) is 9.61. The number of fused-ring (bicyclic) bond motifs is 1. The molecule has 5 nitrogen and oxygen atoms in total. The van der Waals surface area contributed by atoms with E-state index in [-0.39, 0.29) is 11.7 Å². The molecule has 0 aliphatic heterocycles. The average molecular weight is 435 g/mol. The first-order valence-corrected chi connectivity index (χ1v) is 10.8. The number of nitrogens with zero attached hydrogens (tertiary/aromatic N) is 3. The van der Waals surface area contributed by atoms with E-state index in [1.54, 1.807) is 6.07 Å². The summed E-state index contributed by atoms with van der Waals surface area (Å²) >= 11 is 7.47. The Kier molecular flexibility index (Phi) is 6.47. The Balaban J connectivity index is 1.45. The zero-order valence-electron chi connectivity index (χ0n) is 16.0. The number of carbonyl (C=O) groups is 1. The van der Waals surface area contributed by atoms with Crippen LogP contribution in [0.3, 0.4) is 0 Å². The van der Waals surface area contributed by atoms with Gasteiger partial charge in [-0.1, -0.05) is 84.0 Å². The predicted octanol–water partition coefficient (Wildman–Crippen LogP) is 4.98. The molecule has 0 radical (unpaired) electrons. The molecule has 0 unspecified atom stereocenters. The summed E-state index contributed by atoms with van der Waals surface area (Å²) in [4.78, 5) is 17.0. The molecule has 30 heavy (non-hydrogen) atoms. The van der Waals surface area contributed by atoms with Crippen molar-refractivity contribution in [1.82, 2.24) is 15.0 Å². The van der Waals surface area contributed by atoms with Crippen molar-refractivity contribution in [3.8, 4) is 0 Å². The molecular formula is C23H19ClN4OS. The van der Waals surface area contributed by atoms with Crippen molar-refractivity contribution in [1.29, 1.82) is 0 Å². The van der Waals surface area contributed by atoms with Gasteiger partial charge in [0.1, 0.15) is 0 Å². The van der Waals surface area contributed by atoms with Crippen LogP contribution >= 0.6 is 23.4 Å². The zero-order chi connectivity index (χ0) is 20.8. The maximum absolute atomic E-state index is 12.3.